The molecule has 0 saturated carbocycles. The van der Waals surface area contributed by atoms with Crippen LogP contribution in [-0.4, -0.2) is 50.9 Å². The van der Waals surface area contributed by atoms with Crippen LogP contribution in [-0.2, 0) is 16.0 Å². The van der Waals surface area contributed by atoms with E-state index in [1.54, 1.807) is 30.6 Å². The van der Waals surface area contributed by atoms with Crippen molar-refractivity contribution in [1.29, 1.82) is 0 Å². The first-order valence-corrected chi connectivity index (χ1v) is 12.8. The quantitative estimate of drug-likeness (QED) is 0.479. The number of hydrogen-bond acceptors (Lipinski definition) is 7. The minimum atomic E-state index is -4.42. The smallest absolute Gasteiger partial charge is 0.416 e. The molecule has 3 heterocycles. The number of aromatic nitrogens is 2. The first-order chi connectivity index (χ1) is 16.6. The van der Waals surface area contributed by atoms with Crippen LogP contribution in [0.3, 0.4) is 0 Å². The molecule has 4 rings (SSSR count). The van der Waals surface area contributed by atoms with Crippen molar-refractivity contribution in [1.82, 2.24) is 9.97 Å². The highest BCUT2D eigenvalue weighted by atomic mass is 32.2. The molecule has 0 bridgehead atoms. The fourth-order valence-electron chi connectivity index (χ4n) is 4.22. The number of alkyl halides is 3. The third kappa shape index (κ3) is 5.50. The van der Waals surface area contributed by atoms with Gasteiger partial charge in [-0.05, 0) is 49.2 Å². The normalized spacial score (nSPS) is 15.2. The zero-order valence-electron chi connectivity index (χ0n) is 19.2. The number of nitrogens with zero attached hydrogens (tertiary/aromatic N) is 4. The summed E-state index contributed by atoms with van der Waals surface area (Å²) in [7, 11) is -1.79. The number of sulfone groups is 1. The molecule has 1 saturated heterocycles. The van der Waals surface area contributed by atoms with Crippen LogP contribution in [0.25, 0.3) is 0 Å². The highest BCUT2D eigenvalue weighted by Crippen LogP contribution is 2.39. The molecule has 1 aliphatic heterocycles. The predicted octanol–water partition coefficient (Wildman–Crippen LogP) is 4.71. The molecule has 0 amide bonds. The maximum Gasteiger partial charge on any atom is 0.416 e. The van der Waals surface area contributed by atoms with E-state index >= 15 is 0 Å². The van der Waals surface area contributed by atoms with Crippen molar-refractivity contribution >= 4 is 27.0 Å². The summed E-state index contributed by atoms with van der Waals surface area (Å²) in [4.78, 5) is 12.7. The van der Waals surface area contributed by atoms with Crippen molar-refractivity contribution in [2.45, 2.75) is 30.0 Å². The molecule has 0 unspecified atom stereocenters. The number of piperidine rings is 1. The summed E-state index contributed by atoms with van der Waals surface area (Å²) in [5.74, 6) is 1.25. The van der Waals surface area contributed by atoms with Crippen LogP contribution in [0.5, 0.6) is 5.75 Å². The van der Waals surface area contributed by atoms with Gasteiger partial charge in [0.2, 0.25) is 0 Å². The molecule has 0 aliphatic carbocycles. The molecule has 3 aromatic rings. The Balaban J connectivity index is 1.59. The second kappa shape index (κ2) is 9.73. The summed E-state index contributed by atoms with van der Waals surface area (Å²) < 4.78 is 68.3. The summed E-state index contributed by atoms with van der Waals surface area (Å²) in [5, 5.41) is 0. The van der Waals surface area contributed by atoms with E-state index in [9.17, 15) is 21.6 Å². The molecule has 0 radical (unpaired) electrons. The maximum absolute atomic E-state index is 13.1. The number of anilines is 3. The molecule has 1 fully saturated rings. The Kier molecular flexibility index (Phi) is 6.88. The number of hydrogen-bond donors (Lipinski definition) is 0. The summed E-state index contributed by atoms with van der Waals surface area (Å²) in [6.07, 6.45) is 2.70. The van der Waals surface area contributed by atoms with E-state index in [1.165, 1.54) is 25.4 Å². The van der Waals surface area contributed by atoms with Gasteiger partial charge in [-0.2, -0.15) is 13.2 Å². The van der Waals surface area contributed by atoms with Crippen molar-refractivity contribution in [2.24, 2.45) is 0 Å². The second-order valence-electron chi connectivity index (χ2n) is 8.30. The molecule has 0 spiro atoms. The molecule has 1 aliphatic rings. The van der Waals surface area contributed by atoms with Crippen LogP contribution in [0.15, 0.2) is 66.0 Å². The summed E-state index contributed by atoms with van der Waals surface area (Å²) in [5.41, 5.74) is 0.569. The molecule has 1 aromatic carbocycles. The van der Waals surface area contributed by atoms with Crippen molar-refractivity contribution < 1.29 is 26.3 Å². The van der Waals surface area contributed by atoms with Crippen molar-refractivity contribution in [3.63, 3.8) is 0 Å². The number of benzene rings is 1. The van der Waals surface area contributed by atoms with Gasteiger partial charge in [0.25, 0.3) is 0 Å². The third-order valence-corrected chi connectivity index (χ3v) is 7.11. The van der Waals surface area contributed by atoms with Gasteiger partial charge in [-0.1, -0.05) is 0 Å². The largest absolute Gasteiger partial charge is 0.494 e. The Morgan fingerprint density at radius 2 is 1.71 bits per heavy atom. The second-order valence-corrected chi connectivity index (χ2v) is 10.3. The van der Waals surface area contributed by atoms with E-state index in [2.05, 4.69) is 14.9 Å². The SMILES string of the molecule is COc1ccncc1N(c1ccc(C(F)(F)F)cc1)C1CCN(c2ccc(S(C)(=O)=O)cn2)CC1. The van der Waals surface area contributed by atoms with Crippen LogP contribution in [0.2, 0.25) is 0 Å². The average molecular weight is 507 g/mol. The lowest BCUT2D eigenvalue weighted by atomic mass is 10.0. The highest BCUT2D eigenvalue weighted by molar-refractivity contribution is 7.90. The van der Waals surface area contributed by atoms with Crippen molar-refractivity contribution in [3.05, 3.63) is 66.6 Å². The predicted molar refractivity (Wildman–Crippen MR) is 127 cm³/mol. The van der Waals surface area contributed by atoms with E-state index in [0.29, 0.717) is 48.9 Å². The number of ether oxygens (including phenoxy) is 1. The fourth-order valence-corrected chi connectivity index (χ4v) is 4.78. The fraction of sp³-hybridized carbons (Fsp3) is 0.333. The van der Waals surface area contributed by atoms with Crippen LogP contribution in [0.4, 0.5) is 30.4 Å². The summed E-state index contributed by atoms with van der Waals surface area (Å²) >= 11 is 0. The maximum atomic E-state index is 13.1. The van der Waals surface area contributed by atoms with E-state index in [4.69, 9.17) is 4.74 Å². The lowest BCUT2D eigenvalue weighted by Crippen LogP contribution is -2.43. The van der Waals surface area contributed by atoms with Crippen LogP contribution in [0, 0.1) is 0 Å². The molecule has 0 N–H and O–H groups in total. The molecule has 186 valence electrons. The van der Waals surface area contributed by atoms with E-state index in [1.807, 2.05) is 4.90 Å². The Labute approximate surface area is 202 Å². The Morgan fingerprint density at radius 1 is 1.03 bits per heavy atom. The summed E-state index contributed by atoms with van der Waals surface area (Å²) in [6, 6.07) is 10.0. The zero-order valence-corrected chi connectivity index (χ0v) is 20.1. The van der Waals surface area contributed by atoms with Gasteiger partial charge in [-0.15, -0.1) is 0 Å². The number of pyridine rings is 2. The molecular weight excluding hydrogens is 481 g/mol. The minimum Gasteiger partial charge on any atom is -0.494 e. The van der Waals surface area contributed by atoms with Gasteiger partial charge >= 0.3 is 6.18 Å². The van der Waals surface area contributed by atoms with E-state index in [-0.39, 0.29) is 10.9 Å². The van der Waals surface area contributed by atoms with Crippen molar-refractivity contribution in [3.8, 4) is 5.75 Å². The van der Waals surface area contributed by atoms with Crippen LogP contribution < -0.4 is 14.5 Å². The topological polar surface area (TPSA) is 75.6 Å². The average Bonchev–Trinajstić information content (AvgIpc) is 2.84. The van der Waals surface area contributed by atoms with Crippen LogP contribution in [0.1, 0.15) is 18.4 Å². The first-order valence-electron chi connectivity index (χ1n) is 10.9. The monoisotopic (exact) mass is 506 g/mol. The molecule has 0 atom stereocenters. The number of halogens is 3. The first kappa shape index (κ1) is 24.8. The lowest BCUT2D eigenvalue weighted by molar-refractivity contribution is -0.137. The molecule has 7 nitrogen and oxygen atoms in total. The highest BCUT2D eigenvalue weighted by Gasteiger charge is 2.32. The van der Waals surface area contributed by atoms with Crippen LogP contribution >= 0.6 is 0 Å². The molecule has 35 heavy (non-hydrogen) atoms. The lowest BCUT2D eigenvalue weighted by Gasteiger charge is -2.40. The summed E-state index contributed by atoms with van der Waals surface area (Å²) in [6.45, 7) is 1.27. The van der Waals surface area contributed by atoms with E-state index in [0.717, 1.165) is 18.4 Å². The number of rotatable bonds is 6. The van der Waals surface area contributed by atoms with Gasteiger partial charge < -0.3 is 14.5 Å². The zero-order chi connectivity index (χ0) is 25.2. The minimum absolute atomic E-state index is 0.0311. The van der Waals surface area contributed by atoms with Gasteiger partial charge in [0, 0.05) is 49.5 Å². The van der Waals surface area contributed by atoms with Gasteiger partial charge in [-0.25, -0.2) is 13.4 Å². The Hall–Kier alpha value is -3.34. The molecule has 2 aromatic heterocycles. The van der Waals surface area contributed by atoms with E-state index < -0.39 is 21.6 Å². The number of methoxy groups -OCH3 is 1. The van der Waals surface area contributed by atoms with Gasteiger partial charge in [0.15, 0.2) is 9.84 Å². The third-order valence-electron chi connectivity index (χ3n) is 6.02. The molecular formula is C24H25F3N4O3S. The Bertz CT molecular complexity index is 1260. The van der Waals surface area contributed by atoms with Gasteiger partial charge in [0.1, 0.15) is 17.3 Å². The molecule has 11 heteroatoms. The van der Waals surface area contributed by atoms with Gasteiger partial charge in [-0.3, -0.25) is 4.98 Å². The Morgan fingerprint density at radius 3 is 2.26 bits per heavy atom. The van der Waals surface area contributed by atoms with Crippen molar-refractivity contribution in [2.75, 3.05) is 36.3 Å². The van der Waals surface area contributed by atoms with Gasteiger partial charge in [0.05, 0.1) is 23.8 Å². The standard InChI is InChI=1S/C24H25F3N4O3S/c1-34-22-9-12-28-16-21(22)31(18-5-3-17(4-6-18)24(25,26)27)19-10-13-30(14-11-19)23-8-7-20(15-29-23)35(2,32)33/h3-9,12,15-16,19H,10-11,13-14H2,1-2H3.